The van der Waals surface area contributed by atoms with Crippen molar-refractivity contribution < 1.29 is 24.2 Å². The van der Waals surface area contributed by atoms with Crippen LogP contribution in [0.25, 0.3) is 0 Å². The molecule has 2 amide bonds. The third kappa shape index (κ3) is 5.72. The Bertz CT molecular complexity index is 904. The van der Waals surface area contributed by atoms with Crippen molar-refractivity contribution in [3.63, 3.8) is 0 Å². The Labute approximate surface area is 167 Å². The van der Waals surface area contributed by atoms with Gasteiger partial charge in [0.2, 0.25) is 5.91 Å². The summed E-state index contributed by atoms with van der Waals surface area (Å²) >= 11 is 5.76. The monoisotopic (exact) mass is 404 g/mol. The molecule has 0 aliphatic carbocycles. The van der Waals surface area contributed by atoms with Crippen molar-refractivity contribution in [3.8, 4) is 5.75 Å². The van der Waals surface area contributed by atoms with Gasteiger partial charge in [-0.2, -0.15) is 0 Å². The number of aromatic hydroxyl groups is 1. The standard InChI is InChI=1S/C20H21ClN2O5/c1-11-6-12(2)19(13(3)7-11)23-17(25)9-22-18(26)10-28-20(27)15-8-14(21)4-5-16(15)24/h4-8,24H,9-10H2,1-3H3,(H,22,26)(H,23,25). The molecule has 2 rings (SSSR count). The molecule has 0 aliphatic rings. The lowest BCUT2D eigenvalue weighted by molar-refractivity contribution is -0.126. The molecule has 3 N–H and O–H groups in total. The lowest BCUT2D eigenvalue weighted by Crippen LogP contribution is -2.35. The van der Waals surface area contributed by atoms with E-state index in [0.717, 1.165) is 16.7 Å². The zero-order valence-electron chi connectivity index (χ0n) is 15.8. The van der Waals surface area contributed by atoms with E-state index in [0.29, 0.717) is 5.69 Å². The van der Waals surface area contributed by atoms with Crippen LogP contribution < -0.4 is 10.6 Å². The summed E-state index contributed by atoms with van der Waals surface area (Å²) in [6.45, 7) is 4.88. The van der Waals surface area contributed by atoms with Gasteiger partial charge in [0.05, 0.1) is 6.54 Å². The Kier molecular flexibility index (Phi) is 7.00. The van der Waals surface area contributed by atoms with Gasteiger partial charge in [-0.15, -0.1) is 0 Å². The highest BCUT2D eigenvalue weighted by Gasteiger charge is 2.16. The van der Waals surface area contributed by atoms with Gasteiger partial charge in [-0.25, -0.2) is 4.79 Å². The molecule has 0 fully saturated rings. The summed E-state index contributed by atoms with van der Waals surface area (Å²) in [7, 11) is 0. The number of esters is 1. The van der Waals surface area contributed by atoms with E-state index < -0.39 is 24.4 Å². The molecule has 8 heteroatoms. The van der Waals surface area contributed by atoms with Gasteiger partial charge in [0.1, 0.15) is 11.3 Å². The van der Waals surface area contributed by atoms with Crippen molar-refractivity contribution in [3.05, 3.63) is 57.6 Å². The van der Waals surface area contributed by atoms with Crippen LogP contribution in [-0.4, -0.2) is 36.0 Å². The molecule has 0 bridgehead atoms. The van der Waals surface area contributed by atoms with E-state index >= 15 is 0 Å². The Morgan fingerprint density at radius 3 is 2.32 bits per heavy atom. The molecule has 0 atom stereocenters. The number of aryl methyl sites for hydroxylation is 3. The molecular formula is C20H21ClN2O5. The average molecular weight is 405 g/mol. The highest BCUT2D eigenvalue weighted by molar-refractivity contribution is 6.31. The molecule has 148 valence electrons. The maximum atomic E-state index is 12.1. The summed E-state index contributed by atoms with van der Waals surface area (Å²) in [6.07, 6.45) is 0. The second-order valence-corrected chi connectivity index (χ2v) is 6.77. The summed E-state index contributed by atoms with van der Waals surface area (Å²) in [5.74, 6) is -2.26. The summed E-state index contributed by atoms with van der Waals surface area (Å²) in [6, 6.07) is 7.80. The predicted molar refractivity (Wildman–Crippen MR) is 106 cm³/mol. The minimum absolute atomic E-state index is 0.150. The maximum absolute atomic E-state index is 12.1. The number of anilines is 1. The molecule has 0 radical (unpaired) electrons. The lowest BCUT2D eigenvalue weighted by Gasteiger charge is -2.13. The Hall–Kier alpha value is -3.06. The molecule has 2 aromatic carbocycles. The van der Waals surface area contributed by atoms with Crippen LogP contribution in [0.2, 0.25) is 5.02 Å². The van der Waals surface area contributed by atoms with Gasteiger partial charge in [-0.05, 0) is 50.1 Å². The Morgan fingerprint density at radius 1 is 1.04 bits per heavy atom. The number of rotatable bonds is 6. The van der Waals surface area contributed by atoms with Crippen LogP contribution in [0.1, 0.15) is 27.0 Å². The number of phenolic OH excluding ortho intramolecular Hbond substituents is 1. The first-order valence-corrected chi connectivity index (χ1v) is 8.85. The number of carbonyl (C=O) groups is 3. The van der Waals surface area contributed by atoms with Gasteiger partial charge in [-0.1, -0.05) is 29.3 Å². The maximum Gasteiger partial charge on any atom is 0.342 e. The number of amides is 2. The first-order valence-electron chi connectivity index (χ1n) is 8.47. The van der Waals surface area contributed by atoms with E-state index in [2.05, 4.69) is 10.6 Å². The third-order valence-electron chi connectivity index (χ3n) is 3.90. The normalized spacial score (nSPS) is 10.3. The van der Waals surface area contributed by atoms with Crippen LogP contribution in [0, 0.1) is 20.8 Å². The fourth-order valence-electron chi connectivity index (χ4n) is 2.67. The van der Waals surface area contributed by atoms with E-state index in [9.17, 15) is 19.5 Å². The SMILES string of the molecule is Cc1cc(C)c(NC(=O)CNC(=O)COC(=O)c2cc(Cl)ccc2O)c(C)c1. The molecule has 0 aromatic heterocycles. The van der Waals surface area contributed by atoms with Crippen LogP contribution in [0.5, 0.6) is 5.75 Å². The molecule has 0 aliphatic heterocycles. The molecule has 0 spiro atoms. The van der Waals surface area contributed by atoms with Gasteiger partial charge < -0.3 is 20.5 Å². The molecule has 2 aromatic rings. The molecule has 0 saturated carbocycles. The van der Waals surface area contributed by atoms with Crippen LogP contribution >= 0.6 is 11.6 Å². The number of carbonyl (C=O) groups excluding carboxylic acids is 3. The summed E-state index contributed by atoms with van der Waals surface area (Å²) in [5.41, 5.74) is 3.49. The minimum Gasteiger partial charge on any atom is -0.507 e. The van der Waals surface area contributed by atoms with Crippen LogP contribution in [0.4, 0.5) is 5.69 Å². The zero-order chi connectivity index (χ0) is 20.8. The minimum atomic E-state index is -0.898. The molecular weight excluding hydrogens is 384 g/mol. The highest BCUT2D eigenvalue weighted by atomic mass is 35.5. The summed E-state index contributed by atoms with van der Waals surface area (Å²) in [5, 5.41) is 15.0. The molecule has 0 saturated heterocycles. The van der Waals surface area contributed by atoms with E-state index in [1.54, 1.807) is 0 Å². The van der Waals surface area contributed by atoms with E-state index in [1.807, 2.05) is 32.9 Å². The van der Waals surface area contributed by atoms with Gasteiger partial charge in [0.25, 0.3) is 5.91 Å². The zero-order valence-corrected chi connectivity index (χ0v) is 16.5. The average Bonchev–Trinajstić information content (AvgIpc) is 2.62. The van der Waals surface area contributed by atoms with Crippen molar-refractivity contribution >= 4 is 35.1 Å². The lowest BCUT2D eigenvalue weighted by atomic mass is 10.1. The second kappa shape index (κ2) is 9.23. The van der Waals surface area contributed by atoms with Gasteiger partial charge >= 0.3 is 5.97 Å². The number of benzene rings is 2. The largest absolute Gasteiger partial charge is 0.507 e. The quantitative estimate of drug-likeness (QED) is 0.642. The molecule has 28 heavy (non-hydrogen) atoms. The van der Waals surface area contributed by atoms with E-state index in [-0.39, 0.29) is 22.9 Å². The van der Waals surface area contributed by atoms with Crippen molar-refractivity contribution in [1.82, 2.24) is 5.32 Å². The van der Waals surface area contributed by atoms with Crippen molar-refractivity contribution in [1.29, 1.82) is 0 Å². The van der Waals surface area contributed by atoms with Gasteiger partial charge in [0, 0.05) is 10.7 Å². The van der Waals surface area contributed by atoms with Crippen LogP contribution in [0.3, 0.4) is 0 Å². The number of hydrogen-bond donors (Lipinski definition) is 3. The van der Waals surface area contributed by atoms with Crippen molar-refractivity contribution in [2.45, 2.75) is 20.8 Å². The first kappa shape index (κ1) is 21.2. The predicted octanol–water partition coefficient (Wildman–Crippen LogP) is 2.88. The van der Waals surface area contributed by atoms with E-state index in [4.69, 9.17) is 16.3 Å². The Morgan fingerprint density at radius 2 is 1.68 bits per heavy atom. The fraction of sp³-hybridized carbons (Fsp3) is 0.250. The molecule has 7 nitrogen and oxygen atoms in total. The van der Waals surface area contributed by atoms with Crippen molar-refractivity contribution in [2.24, 2.45) is 0 Å². The van der Waals surface area contributed by atoms with Crippen molar-refractivity contribution in [2.75, 3.05) is 18.5 Å². The topological polar surface area (TPSA) is 105 Å². The van der Waals surface area contributed by atoms with Crippen LogP contribution in [-0.2, 0) is 14.3 Å². The smallest absolute Gasteiger partial charge is 0.342 e. The second-order valence-electron chi connectivity index (χ2n) is 6.34. The Balaban J connectivity index is 1.83. The van der Waals surface area contributed by atoms with Gasteiger partial charge in [0.15, 0.2) is 6.61 Å². The number of ether oxygens (including phenoxy) is 1. The number of phenols is 1. The molecule has 0 unspecified atom stereocenters. The third-order valence-corrected chi connectivity index (χ3v) is 4.14. The first-order chi connectivity index (χ1) is 13.2. The molecule has 0 heterocycles. The fourth-order valence-corrected chi connectivity index (χ4v) is 2.84. The number of halogens is 1. The summed E-state index contributed by atoms with van der Waals surface area (Å²) < 4.78 is 4.83. The van der Waals surface area contributed by atoms with Gasteiger partial charge in [-0.3, -0.25) is 9.59 Å². The number of nitrogens with one attached hydrogen (secondary N) is 2. The van der Waals surface area contributed by atoms with E-state index in [1.165, 1.54) is 18.2 Å². The van der Waals surface area contributed by atoms with Crippen LogP contribution in [0.15, 0.2) is 30.3 Å². The highest BCUT2D eigenvalue weighted by Crippen LogP contribution is 2.22. The number of hydrogen-bond acceptors (Lipinski definition) is 5. The summed E-state index contributed by atoms with van der Waals surface area (Å²) in [4.78, 5) is 35.8.